The number of rotatable bonds is 9. The zero-order valence-electron chi connectivity index (χ0n) is 16.5. The van der Waals surface area contributed by atoms with Gasteiger partial charge in [0.25, 0.3) is 0 Å². The molecule has 0 spiro atoms. The summed E-state index contributed by atoms with van der Waals surface area (Å²) in [7, 11) is 1.63. The Morgan fingerprint density at radius 1 is 0.931 bits per heavy atom. The smallest absolute Gasteiger partial charge is 0.161 e. The molecule has 1 aromatic heterocycles. The predicted molar refractivity (Wildman–Crippen MR) is 117 cm³/mol. The second-order valence-corrected chi connectivity index (χ2v) is 7.07. The van der Waals surface area contributed by atoms with E-state index in [1.807, 2.05) is 36.4 Å². The molecule has 0 radical (unpaired) electrons. The quantitative estimate of drug-likeness (QED) is 0.379. The van der Waals surface area contributed by atoms with Crippen molar-refractivity contribution in [3.05, 3.63) is 72.3 Å². The number of aromatic nitrogens is 1. The summed E-state index contributed by atoms with van der Waals surface area (Å²) in [6.07, 6.45) is 0.114. The number of hydrogen-bond acceptors (Lipinski definition) is 4. The average Bonchev–Trinajstić information content (AvgIpc) is 3.14. The highest BCUT2D eigenvalue weighted by Gasteiger charge is 2.11. The molecular weight excluding hydrogens is 364 g/mol. The van der Waals surface area contributed by atoms with E-state index in [1.165, 1.54) is 10.8 Å². The topological polar surface area (TPSA) is 66.5 Å². The number of methoxy groups -OCH3 is 1. The van der Waals surface area contributed by atoms with Gasteiger partial charge in [0.1, 0.15) is 6.61 Å². The Hall–Kier alpha value is -3.02. The number of H-pyrrole nitrogens is 1. The third kappa shape index (κ3) is 4.36. The summed E-state index contributed by atoms with van der Waals surface area (Å²) in [6.45, 7) is 1.66. The number of ether oxygens (including phenoxy) is 2. The summed E-state index contributed by atoms with van der Waals surface area (Å²) in [5, 5.41) is 16.2. The maximum absolute atomic E-state index is 10.5. The largest absolute Gasteiger partial charge is 0.493 e. The zero-order valence-corrected chi connectivity index (χ0v) is 16.5. The molecule has 3 aromatic carbocycles. The molecule has 1 atom stereocenters. The van der Waals surface area contributed by atoms with Crippen molar-refractivity contribution >= 4 is 21.8 Å². The molecule has 0 saturated heterocycles. The molecule has 0 amide bonds. The highest BCUT2D eigenvalue weighted by atomic mass is 16.5. The molecule has 1 heterocycles. The SMILES string of the molecule is COc1ccccc1OCCNCC(O)Cc1cccc2c1[nH]c1ccccc12. The number of aliphatic hydroxyl groups excluding tert-OH is 1. The average molecular weight is 390 g/mol. The van der Waals surface area contributed by atoms with E-state index in [0.29, 0.717) is 26.1 Å². The Kier molecular flexibility index (Phi) is 5.98. The van der Waals surface area contributed by atoms with Crippen LogP contribution in [-0.4, -0.2) is 43.0 Å². The van der Waals surface area contributed by atoms with Gasteiger partial charge in [0.2, 0.25) is 0 Å². The highest BCUT2D eigenvalue weighted by molar-refractivity contribution is 6.08. The van der Waals surface area contributed by atoms with Crippen LogP contribution >= 0.6 is 0 Å². The second-order valence-electron chi connectivity index (χ2n) is 7.07. The first-order valence-corrected chi connectivity index (χ1v) is 9.89. The van der Waals surface area contributed by atoms with Gasteiger partial charge in [-0.2, -0.15) is 0 Å². The Balaban J connectivity index is 1.30. The molecule has 4 aromatic rings. The minimum atomic E-state index is -0.474. The third-order valence-electron chi connectivity index (χ3n) is 5.07. The lowest BCUT2D eigenvalue weighted by atomic mass is 10.0. The number of para-hydroxylation sites is 4. The molecule has 0 fully saturated rings. The van der Waals surface area contributed by atoms with Crippen LogP contribution in [0.2, 0.25) is 0 Å². The van der Waals surface area contributed by atoms with Crippen molar-refractivity contribution in [2.45, 2.75) is 12.5 Å². The fourth-order valence-electron chi connectivity index (χ4n) is 3.67. The van der Waals surface area contributed by atoms with Gasteiger partial charge in [0, 0.05) is 41.3 Å². The second kappa shape index (κ2) is 8.99. The van der Waals surface area contributed by atoms with Gasteiger partial charge in [-0.25, -0.2) is 0 Å². The lowest BCUT2D eigenvalue weighted by Gasteiger charge is -2.14. The minimum Gasteiger partial charge on any atom is -0.493 e. The Labute approximate surface area is 170 Å². The van der Waals surface area contributed by atoms with Crippen molar-refractivity contribution in [2.24, 2.45) is 0 Å². The van der Waals surface area contributed by atoms with Crippen molar-refractivity contribution in [2.75, 3.05) is 26.8 Å². The van der Waals surface area contributed by atoms with Crippen molar-refractivity contribution in [1.29, 1.82) is 0 Å². The van der Waals surface area contributed by atoms with Gasteiger partial charge in [0.05, 0.1) is 13.2 Å². The van der Waals surface area contributed by atoms with Gasteiger partial charge in [-0.05, 0) is 23.8 Å². The maximum Gasteiger partial charge on any atom is 0.161 e. The van der Waals surface area contributed by atoms with Crippen molar-refractivity contribution in [1.82, 2.24) is 10.3 Å². The van der Waals surface area contributed by atoms with E-state index in [1.54, 1.807) is 7.11 Å². The van der Waals surface area contributed by atoms with E-state index in [4.69, 9.17) is 9.47 Å². The van der Waals surface area contributed by atoms with Crippen molar-refractivity contribution in [3.8, 4) is 11.5 Å². The van der Waals surface area contributed by atoms with E-state index in [-0.39, 0.29) is 0 Å². The first-order valence-electron chi connectivity index (χ1n) is 9.89. The van der Waals surface area contributed by atoms with E-state index in [2.05, 4.69) is 40.6 Å². The molecule has 0 bridgehead atoms. The van der Waals surface area contributed by atoms with Gasteiger partial charge in [-0.15, -0.1) is 0 Å². The number of hydrogen-bond donors (Lipinski definition) is 3. The van der Waals surface area contributed by atoms with Crippen molar-refractivity contribution in [3.63, 3.8) is 0 Å². The van der Waals surface area contributed by atoms with Crippen LogP contribution < -0.4 is 14.8 Å². The van der Waals surface area contributed by atoms with Crippen LogP contribution in [0.1, 0.15) is 5.56 Å². The van der Waals surface area contributed by atoms with Crippen LogP contribution in [0.4, 0.5) is 0 Å². The number of nitrogens with one attached hydrogen (secondary N) is 2. The summed E-state index contributed by atoms with van der Waals surface area (Å²) in [5.41, 5.74) is 3.35. The monoisotopic (exact) mass is 390 g/mol. The molecule has 3 N–H and O–H groups in total. The molecular formula is C24H26N2O3. The Morgan fingerprint density at radius 2 is 1.69 bits per heavy atom. The summed E-state index contributed by atoms with van der Waals surface area (Å²) in [5.74, 6) is 1.45. The highest BCUT2D eigenvalue weighted by Crippen LogP contribution is 2.28. The number of benzene rings is 3. The molecule has 29 heavy (non-hydrogen) atoms. The maximum atomic E-state index is 10.5. The Morgan fingerprint density at radius 3 is 2.55 bits per heavy atom. The third-order valence-corrected chi connectivity index (χ3v) is 5.07. The lowest BCUT2D eigenvalue weighted by Crippen LogP contribution is -2.31. The van der Waals surface area contributed by atoms with Crippen LogP contribution in [-0.2, 0) is 6.42 Å². The van der Waals surface area contributed by atoms with Crippen molar-refractivity contribution < 1.29 is 14.6 Å². The van der Waals surface area contributed by atoms with Crippen LogP contribution in [0.5, 0.6) is 11.5 Å². The Bertz CT molecular complexity index is 1090. The van der Waals surface area contributed by atoms with Gasteiger partial charge in [0.15, 0.2) is 11.5 Å². The van der Waals surface area contributed by atoms with Gasteiger partial charge in [-0.3, -0.25) is 0 Å². The van der Waals surface area contributed by atoms with Gasteiger partial charge >= 0.3 is 0 Å². The van der Waals surface area contributed by atoms with Crippen LogP contribution in [0.3, 0.4) is 0 Å². The lowest BCUT2D eigenvalue weighted by molar-refractivity contribution is 0.169. The minimum absolute atomic E-state index is 0.474. The normalized spacial score (nSPS) is 12.3. The number of aliphatic hydroxyl groups is 1. The first-order chi connectivity index (χ1) is 14.3. The standard InChI is InChI=1S/C24H26N2O3/c1-28-22-11-4-5-12-23(22)29-14-13-25-16-18(27)15-17-7-6-9-20-19-8-2-3-10-21(19)26-24(17)20/h2-12,18,25-27H,13-16H2,1H3. The zero-order chi connectivity index (χ0) is 20.1. The molecule has 0 aliphatic heterocycles. The molecule has 5 nitrogen and oxygen atoms in total. The molecule has 150 valence electrons. The number of fused-ring (bicyclic) bond motifs is 3. The van der Waals surface area contributed by atoms with E-state index >= 15 is 0 Å². The van der Waals surface area contributed by atoms with Gasteiger partial charge < -0.3 is 24.9 Å². The van der Waals surface area contributed by atoms with E-state index < -0.39 is 6.10 Å². The predicted octanol–water partition coefficient (Wildman–Crippen LogP) is 3.90. The summed E-state index contributed by atoms with van der Waals surface area (Å²) >= 11 is 0. The van der Waals surface area contributed by atoms with E-state index in [0.717, 1.165) is 28.1 Å². The van der Waals surface area contributed by atoms with E-state index in [9.17, 15) is 5.11 Å². The molecule has 1 unspecified atom stereocenters. The fourth-order valence-corrected chi connectivity index (χ4v) is 3.67. The summed E-state index contributed by atoms with van der Waals surface area (Å²) < 4.78 is 11.0. The first kappa shape index (κ1) is 19.3. The van der Waals surface area contributed by atoms with Crippen LogP contribution in [0.15, 0.2) is 66.7 Å². The van der Waals surface area contributed by atoms with Crippen LogP contribution in [0, 0.1) is 0 Å². The number of aromatic amines is 1. The molecule has 5 heteroatoms. The molecule has 0 saturated carbocycles. The van der Waals surface area contributed by atoms with Crippen LogP contribution in [0.25, 0.3) is 21.8 Å². The molecule has 4 rings (SSSR count). The fraction of sp³-hybridized carbons (Fsp3) is 0.250. The molecule has 0 aliphatic carbocycles. The molecule has 0 aliphatic rings. The summed E-state index contributed by atoms with van der Waals surface area (Å²) in [6, 6.07) is 22.1. The van der Waals surface area contributed by atoms with Gasteiger partial charge in [-0.1, -0.05) is 48.5 Å². The summed E-state index contributed by atoms with van der Waals surface area (Å²) in [4.78, 5) is 3.49.